The minimum Gasteiger partial charge on any atom is -0.370 e. The lowest BCUT2D eigenvalue weighted by Crippen LogP contribution is -2.20. The summed E-state index contributed by atoms with van der Waals surface area (Å²) in [5.41, 5.74) is 3.39. The van der Waals surface area contributed by atoms with Crippen LogP contribution in [0, 0.1) is 0 Å². The van der Waals surface area contributed by atoms with Gasteiger partial charge in [0, 0.05) is 18.7 Å². The van der Waals surface area contributed by atoms with E-state index in [1.54, 1.807) is 31.2 Å². The molecule has 1 fully saturated rings. The Kier molecular flexibility index (Phi) is 5.46. The van der Waals surface area contributed by atoms with E-state index in [1.807, 2.05) is 30.3 Å². The van der Waals surface area contributed by atoms with Crippen molar-refractivity contribution in [1.29, 1.82) is 0 Å². The maximum Gasteiger partial charge on any atom is 0.186 e. The summed E-state index contributed by atoms with van der Waals surface area (Å²) in [7, 11) is 0. The predicted octanol–water partition coefficient (Wildman–Crippen LogP) is 3.82. The summed E-state index contributed by atoms with van der Waals surface area (Å²) < 4.78 is 20.4. The topological polar surface area (TPSA) is 57.6 Å². The molecule has 0 saturated carbocycles. The zero-order chi connectivity index (χ0) is 17.8. The second-order valence-electron chi connectivity index (χ2n) is 6.11. The summed E-state index contributed by atoms with van der Waals surface area (Å²) in [5, 5.41) is 0. The number of allylic oxidation sites excluding steroid dienone is 1. The molecule has 0 radical (unpaired) electrons. The number of hydrogen-bond donors (Lipinski definition) is 1. The predicted molar refractivity (Wildman–Crippen MR) is 100 cm³/mol. The molecule has 2 aromatic rings. The van der Waals surface area contributed by atoms with Crippen LogP contribution in [0.1, 0.15) is 30.9 Å². The SMILES string of the molecule is CC(=O)C(=C(c1ccccc1)N1CCCC1)c1ccc(S(=O)O)cc1. The zero-order valence-corrected chi connectivity index (χ0v) is 15.0. The molecule has 0 spiro atoms. The largest absolute Gasteiger partial charge is 0.370 e. The first-order valence-electron chi connectivity index (χ1n) is 8.35. The minimum atomic E-state index is -2.02. The number of rotatable bonds is 5. The second-order valence-corrected chi connectivity index (χ2v) is 7.08. The highest BCUT2D eigenvalue weighted by atomic mass is 32.2. The van der Waals surface area contributed by atoms with Crippen LogP contribution in [0.4, 0.5) is 0 Å². The molecule has 0 aliphatic carbocycles. The van der Waals surface area contributed by atoms with Crippen molar-refractivity contribution in [2.24, 2.45) is 0 Å². The molecule has 1 unspecified atom stereocenters. The Morgan fingerprint density at radius 3 is 2.08 bits per heavy atom. The highest BCUT2D eigenvalue weighted by molar-refractivity contribution is 7.79. The number of benzene rings is 2. The van der Waals surface area contributed by atoms with Crippen molar-refractivity contribution < 1.29 is 13.6 Å². The number of Topliss-reactive ketones (excluding diaryl/α,β-unsaturated/α-hetero) is 1. The molecule has 1 atom stereocenters. The molecular weight excluding hydrogens is 334 g/mol. The summed E-state index contributed by atoms with van der Waals surface area (Å²) >= 11 is -2.02. The Hall–Kier alpha value is -2.24. The summed E-state index contributed by atoms with van der Waals surface area (Å²) in [4.78, 5) is 15.1. The van der Waals surface area contributed by atoms with Crippen LogP contribution in [0.15, 0.2) is 59.5 Å². The highest BCUT2D eigenvalue weighted by Crippen LogP contribution is 2.32. The summed E-state index contributed by atoms with van der Waals surface area (Å²) in [6.07, 6.45) is 2.23. The van der Waals surface area contributed by atoms with Gasteiger partial charge in [0.25, 0.3) is 0 Å². The molecule has 25 heavy (non-hydrogen) atoms. The van der Waals surface area contributed by atoms with E-state index in [2.05, 4.69) is 4.90 Å². The van der Waals surface area contributed by atoms with E-state index in [1.165, 1.54) is 0 Å². The van der Waals surface area contributed by atoms with Gasteiger partial charge in [-0.1, -0.05) is 42.5 Å². The van der Waals surface area contributed by atoms with Gasteiger partial charge in [0.2, 0.25) is 0 Å². The average molecular weight is 355 g/mol. The van der Waals surface area contributed by atoms with Crippen molar-refractivity contribution in [2.45, 2.75) is 24.7 Å². The molecule has 4 nitrogen and oxygen atoms in total. The molecule has 130 valence electrons. The number of carbonyl (C=O) groups excluding carboxylic acids is 1. The molecular formula is C20H21NO3S. The number of likely N-dealkylation sites (tertiary alicyclic amines) is 1. The lowest BCUT2D eigenvalue weighted by molar-refractivity contribution is -0.111. The van der Waals surface area contributed by atoms with Crippen LogP contribution in [-0.2, 0) is 15.9 Å². The van der Waals surface area contributed by atoms with Crippen molar-refractivity contribution in [2.75, 3.05) is 13.1 Å². The van der Waals surface area contributed by atoms with Gasteiger partial charge in [-0.05, 0) is 43.0 Å². The lowest BCUT2D eigenvalue weighted by atomic mass is 9.95. The van der Waals surface area contributed by atoms with Crippen LogP contribution >= 0.6 is 0 Å². The van der Waals surface area contributed by atoms with E-state index in [-0.39, 0.29) is 5.78 Å². The van der Waals surface area contributed by atoms with Crippen molar-refractivity contribution in [3.63, 3.8) is 0 Å². The first kappa shape index (κ1) is 17.6. The van der Waals surface area contributed by atoms with Gasteiger partial charge < -0.3 is 9.45 Å². The maximum absolute atomic E-state index is 12.5. The average Bonchev–Trinajstić information content (AvgIpc) is 3.14. The van der Waals surface area contributed by atoms with Crippen LogP contribution in [0.2, 0.25) is 0 Å². The van der Waals surface area contributed by atoms with Gasteiger partial charge in [0.15, 0.2) is 16.9 Å². The van der Waals surface area contributed by atoms with Crippen molar-refractivity contribution in [3.8, 4) is 0 Å². The van der Waals surface area contributed by atoms with E-state index < -0.39 is 11.1 Å². The van der Waals surface area contributed by atoms with Crippen LogP contribution in [0.5, 0.6) is 0 Å². The molecule has 1 aliphatic rings. The molecule has 0 aromatic heterocycles. The Morgan fingerprint density at radius 2 is 1.56 bits per heavy atom. The van der Waals surface area contributed by atoms with Gasteiger partial charge in [0.05, 0.1) is 10.6 Å². The van der Waals surface area contributed by atoms with Gasteiger partial charge in [0.1, 0.15) is 0 Å². The summed E-state index contributed by atoms with van der Waals surface area (Å²) in [6.45, 7) is 3.44. The van der Waals surface area contributed by atoms with Gasteiger partial charge in [-0.3, -0.25) is 4.79 Å². The normalized spacial score (nSPS) is 16.5. The smallest absolute Gasteiger partial charge is 0.186 e. The monoisotopic (exact) mass is 355 g/mol. The molecule has 1 saturated heterocycles. The first-order chi connectivity index (χ1) is 12.1. The Bertz CT molecular complexity index is 807. The molecule has 1 N–H and O–H groups in total. The fourth-order valence-electron chi connectivity index (χ4n) is 3.27. The Balaban J connectivity index is 2.18. The summed E-state index contributed by atoms with van der Waals surface area (Å²) in [6, 6.07) is 16.6. The molecule has 1 aliphatic heterocycles. The summed E-state index contributed by atoms with van der Waals surface area (Å²) in [5.74, 6) is -0.0105. The van der Waals surface area contributed by atoms with Crippen LogP contribution in [0.3, 0.4) is 0 Å². The van der Waals surface area contributed by atoms with E-state index in [0.29, 0.717) is 10.5 Å². The standard InChI is InChI=1S/C20H21NO3S/c1-15(22)19(16-9-11-18(12-10-16)25(23)24)20(21-13-5-6-14-21)17-7-3-2-4-8-17/h2-4,7-12H,5-6,13-14H2,1H3,(H,23,24). The van der Waals surface area contributed by atoms with Crippen molar-refractivity contribution in [3.05, 3.63) is 65.7 Å². The second kappa shape index (κ2) is 7.76. The van der Waals surface area contributed by atoms with E-state index >= 15 is 0 Å². The van der Waals surface area contributed by atoms with Crippen LogP contribution in [-0.4, -0.2) is 32.5 Å². The quantitative estimate of drug-likeness (QED) is 0.503. The third-order valence-electron chi connectivity index (χ3n) is 4.40. The highest BCUT2D eigenvalue weighted by Gasteiger charge is 2.23. The molecule has 3 rings (SSSR count). The van der Waals surface area contributed by atoms with Crippen molar-refractivity contribution >= 4 is 28.1 Å². The Morgan fingerprint density at radius 1 is 0.960 bits per heavy atom. The minimum absolute atomic E-state index is 0.0105. The van der Waals surface area contributed by atoms with Crippen LogP contribution < -0.4 is 0 Å². The number of ketones is 1. The van der Waals surface area contributed by atoms with Crippen LogP contribution in [0.25, 0.3) is 11.3 Å². The molecule has 0 amide bonds. The Labute approximate surface area is 150 Å². The van der Waals surface area contributed by atoms with E-state index in [4.69, 9.17) is 0 Å². The van der Waals surface area contributed by atoms with E-state index in [0.717, 1.165) is 42.8 Å². The van der Waals surface area contributed by atoms with Crippen molar-refractivity contribution in [1.82, 2.24) is 4.90 Å². The molecule has 0 bridgehead atoms. The number of nitrogens with zero attached hydrogens (tertiary/aromatic N) is 1. The van der Waals surface area contributed by atoms with E-state index in [9.17, 15) is 13.6 Å². The van der Waals surface area contributed by atoms with Gasteiger partial charge in [-0.25, -0.2) is 4.21 Å². The number of hydrogen-bond acceptors (Lipinski definition) is 3. The molecule has 1 heterocycles. The molecule has 2 aromatic carbocycles. The lowest BCUT2D eigenvalue weighted by Gasteiger charge is -2.25. The fourth-order valence-corrected chi connectivity index (χ4v) is 3.64. The third-order valence-corrected chi connectivity index (χ3v) is 5.08. The van der Waals surface area contributed by atoms with Gasteiger partial charge in [-0.2, -0.15) is 0 Å². The first-order valence-corrected chi connectivity index (χ1v) is 9.45. The maximum atomic E-state index is 12.5. The fraction of sp³-hybridized carbons (Fsp3) is 0.250. The number of carbonyl (C=O) groups is 1. The zero-order valence-electron chi connectivity index (χ0n) is 14.1. The molecule has 5 heteroatoms. The van der Waals surface area contributed by atoms with Gasteiger partial charge in [-0.15, -0.1) is 0 Å². The van der Waals surface area contributed by atoms with Gasteiger partial charge >= 0.3 is 0 Å². The third kappa shape index (κ3) is 3.89.